The lowest BCUT2D eigenvalue weighted by atomic mass is 9.99. The first-order chi connectivity index (χ1) is 15.2. The van der Waals surface area contributed by atoms with Crippen LogP contribution >= 0.6 is 0 Å². The highest BCUT2D eigenvalue weighted by atomic mass is 19.4. The van der Waals surface area contributed by atoms with E-state index in [9.17, 15) is 18.0 Å². The molecule has 4 aromatic rings. The van der Waals surface area contributed by atoms with Crippen molar-refractivity contribution < 1.29 is 18.0 Å². The second kappa shape index (κ2) is 8.29. The lowest BCUT2D eigenvalue weighted by molar-refractivity contribution is -0.141. The van der Waals surface area contributed by atoms with Crippen LogP contribution in [0.2, 0.25) is 0 Å². The van der Waals surface area contributed by atoms with Gasteiger partial charge >= 0.3 is 6.18 Å². The number of nitrogens with zero attached hydrogens (tertiary/aromatic N) is 4. The second-order valence-electron chi connectivity index (χ2n) is 7.30. The largest absolute Gasteiger partial charge is 0.432 e. The highest BCUT2D eigenvalue weighted by Gasteiger charge is 2.33. The number of H-pyrrole nitrogens is 1. The van der Waals surface area contributed by atoms with E-state index < -0.39 is 17.8 Å². The first-order valence-electron chi connectivity index (χ1n) is 9.67. The van der Waals surface area contributed by atoms with E-state index in [2.05, 4.69) is 20.5 Å². The van der Waals surface area contributed by atoms with Gasteiger partial charge in [0.25, 0.3) is 5.91 Å². The molecule has 4 rings (SSSR count). The highest BCUT2D eigenvalue weighted by Crippen LogP contribution is 2.32. The first-order valence-corrected chi connectivity index (χ1v) is 9.67. The molecule has 0 aliphatic rings. The molecule has 7 nitrogen and oxygen atoms in total. The Balaban J connectivity index is 1.48. The van der Waals surface area contributed by atoms with E-state index in [1.54, 1.807) is 17.1 Å². The highest BCUT2D eigenvalue weighted by molar-refractivity contribution is 5.92. The number of hydrogen-bond acceptors (Lipinski definition) is 4. The van der Waals surface area contributed by atoms with Gasteiger partial charge in [-0.3, -0.25) is 19.6 Å². The minimum atomic E-state index is -4.58. The molecular weight excluding hydrogens is 421 g/mol. The molecule has 2 N–H and O–H groups in total. The number of alkyl halides is 3. The topological polar surface area (TPSA) is 88.5 Å². The van der Waals surface area contributed by atoms with Crippen LogP contribution in [0.1, 0.15) is 27.3 Å². The molecule has 0 aliphatic carbocycles. The predicted octanol–water partition coefficient (Wildman–Crippen LogP) is 4.13. The summed E-state index contributed by atoms with van der Waals surface area (Å²) in [6.07, 6.45) is 0.905. The summed E-state index contributed by atoms with van der Waals surface area (Å²) in [4.78, 5) is 16.2. The summed E-state index contributed by atoms with van der Waals surface area (Å²) < 4.78 is 39.7. The van der Waals surface area contributed by atoms with Gasteiger partial charge in [-0.2, -0.15) is 23.4 Å². The Bertz CT molecular complexity index is 1260. The lowest BCUT2D eigenvalue weighted by Crippen LogP contribution is -2.23. The summed E-state index contributed by atoms with van der Waals surface area (Å²) in [6.45, 7) is 2.13. The van der Waals surface area contributed by atoms with Gasteiger partial charge in [0.05, 0.1) is 0 Å². The van der Waals surface area contributed by atoms with Crippen LogP contribution in [0, 0.1) is 6.92 Å². The molecular formula is C22H19F3N6O. The SMILES string of the molecule is Cc1cnccc1-c1cn(C)nc1-c1ccc(CNC(=O)c2cc(C(F)(F)F)[nH]n2)cc1. The maximum absolute atomic E-state index is 12.6. The number of carbonyl (C=O) groups is 1. The van der Waals surface area contributed by atoms with Crippen molar-refractivity contribution in [1.82, 2.24) is 30.3 Å². The van der Waals surface area contributed by atoms with Crippen LogP contribution in [-0.4, -0.2) is 30.9 Å². The van der Waals surface area contributed by atoms with Crippen molar-refractivity contribution in [1.29, 1.82) is 0 Å². The number of aryl methyl sites for hydroxylation is 2. The predicted molar refractivity (Wildman–Crippen MR) is 111 cm³/mol. The molecule has 0 unspecified atom stereocenters. The van der Waals surface area contributed by atoms with Gasteiger partial charge in [0, 0.05) is 49.4 Å². The third kappa shape index (κ3) is 4.39. The van der Waals surface area contributed by atoms with Crippen LogP contribution in [0.4, 0.5) is 13.2 Å². The van der Waals surface area contributed by atoms with Gasteiger partial charge in [-0.1, -0.05) is 24.3 Å². The van der Waals surface area contributed by atoms with E-state index in [-0.39, 0.29) is 12.2 Å². The molecule has 0 saturated carbocycles. The minimum absolute atomic E-state index is 0.145. The molecule has 32 heavy (non-hydrogen) atoms. The zero-order chi connectivity index (χ0) is 22.9. The van der Waals surface area contributed by atoms with Crippen LogP contribution in [-0.2, 0) is 19.8 Å². The van der Waals surface area contributed by atoms with Gasteiger partial charge in [-0.25, -0.2) is 0 Å². The van der Waals surface area contributed by atoms with E-state index in [1.165, 1.54) is 0 Å². The number of halogens is 3. The van der Waals surface area contributed by atoms with Crippen LogP contribution in [0.3, 0.4) is 0 Å². The Morgan fingerprint density at radius 2 is 1.91 bits per heavy atom. The van der Waals surface area contributed by atoms with Crippen LogP contribution in [0.5, 0.6) is 0 Å². The van der Waals surface area contributed by atoms with E-state index in [4.69, 9.17) is 0 Å². The van der Waals surface area contributed by atoms with Crippen molar-refractivity contribution in [3.8, 4) is 22.4 Å². The van der Waals surface area contributed by atoms with E-state index >= 15 is 0 Å². The fraction of sp³-hybridized carbons (Fsp3) is 0.182. The lowest BCUT2D eigenvalue weighted by Gasteiger charge is -2.07. The minimum Gasteiger partial charge on any atom is -0.347 e. The van der Waals surface area contributed by atoms with Crippen molar-refractivity contribution in [2.75, 3.05) is 0 Å². The average Bonchev–Trinajstić information content (AvgIpc) is 3.40. The van der Waals surface area contributed by atoms with Crippen LogP contribution in [0.15, 0.2) is 55.0 Å². The average molecular weight is 440 g/mol. The Morgan fingerprint density at radius 3 is 2.56 bits per heavy atom. The summed E-state index contributed by atoms with van der Waals surface area (Å²) in [5.41, 5.74) is 4.16. The van der Waals surface area contributed by atoms with Crippen molar-refractivity contribution in [2.45, 2.75) is 19.6 Å². The fourth-order valence-corrected chi connectivity index (χ4v) is 3.31. The Labute approximate surface area is 181 Å². The number of carbonyl (C=O) groups excluding carboxylic acids is 1. The number of rotatable bonds is 5. The van der Waals surface area contributed by atoms with Crippen molar-refractivity contribution in [2.24, 2.45) is 7.05 Å². The monoisotopic (exact) mass is 440 g/mol. The summed E-state index contributed by atoms with van der Waals surface area (Å²) in [5, 5.41) is 12.4. The van der Waals surface area contributed by atoms with Crippen molar-refractivity contribution >= 4 is 5.91 Å². The van der Waals surface area contributed by atoms with Gasteiger partial charge < -0.3 is 5.32 Å². The second-order valence-corrected chi connectivity index (χ2v) is 7.30. The number of nitrogens with one attached hydrogen (secondary N) is 2. The number of pyridine rings is 1. The van der Waals surface area contributed by atoms with Crippen LogP contribution < -0.4 is 5.32 Å². The zero-order valence-electron chi connectivity index (χ0n) is 17.2. The molecule has 1 amide bonds. The number of aromatic nitrogens is 5. The molecule has 3 heterocycles. The maximum Gasteiger partial charge on any atom is 0.432 e. The number of aromatic amines is 1. The van der Waals surface area contributed by atoms with E-state index in [1.807, 2.05) is 55.6 Å². The molecule has 0 fully saturated rings. The maximum atomic E-state index is 12.6. The fourth-order valence-electron chi connectivity index (χ4n) is 3.31. The summed E-state index contributed by atoms with van der Waals surface area (Å²) >= 11 is 0. The summed E-state index contributed by atoms with van der Waals surface area (Å²) in [5.74, 6) is -0.694. The van der Waals surface area contributed by atoms with Gasteiger partial charge in [-0.05, 0) is 29.7 Å². The van der Waals surface area contributed by atoms with Crippen molar-refractivity contribution in [3.05, 3.63) is 77.5 Å². The molecule has 0 saturated heterocycles. The molecule has 0 atom stereocenters. The molecule has 3 aromatic heterocycles. The van der Waals surface area contributed by atoms with E-state index in [0.29, 0.717) is 6.07 Å². The zero-order valence-corrected chi connectivity index (χ0v) is 17.2. The molecule has 0 radical (unpaired) electrons. The molecule has 0 spiro atoms. The molecule has 0 bridgehead atoms. The third-order valence-electron chi connectivity index (χ3n) is 4.94. The Kier molecular flexibility index (Phi) is 5.52. The summed E-state index contributed by atoms with van der Waals surface area (Å²) in [6, 6.07) is 10.1. The molecule has 164 valence electrons. The third-order valence-corrected chi connectivity index (χ3v) is 4.94. The Hall–Kier alpha value is -3.95. The Morgan fingerprint density at radius 1 is 1.16 bits per heavy atom. The standard InChI is InChI=1S/C22H19F3N6O/c1-13-10-26-8-7-16(13)17-12-31(2)30-20(17)15-5-3-14(4-6-15)11-27-21(32)18-9-19(29-28-18)22(23,24)25/h3-10,12H,11H2,1-2H3,(H,27,32)(H,28,29). The van der Waals surface area contributed by atoms with Gasteiger partial charge in [0.2, 0.25) is 0 Å². The smallest absolute Gasteiger partial charge is 0.347 e. The van der Waals surface area contributed by atoms with E-state index in [0.717, 1.165) is 33.5 Å². The normalized spacial score (nSPS) is 11.5. The summed E-state index contributed by atoms with van der Waals surface area (Å²) in [7, 11) is 1.85. The molecule has 0 aliphatic heterocycles. The number of benzene rings is 1. The van der Waals surface area contributed by atoms with Gasteiger partial charge in [0.1, 0.15) is 11.4 Å². The quantitative estimate of drug-likeness (QED) is 0.489. The van der Waals surface area contributed by atoms with Gasteiger partial charge in [-0.15, -0.1) is 0 Å². The van der Waals surface area contributed by atoms with Crippen molar-refractivity contribution in [3.63, 3.8) is 0 Å². The van der Waals surface area contributed by atoms with Crippen LogP contribution in [0.25, 0.3) is 22.4 Å². The number of hydrogen-bond donors (Lipinski definition) is 2. The molecule has 1 aromatic carbocycles. The number of amides is 1. The molecule has 10 heteroatoms. The first kappa shape index (κ1) is 21.3. The van der Waals surface area contributed by atoms with Gasteiger partial charge in [0.15, 0.2) is 5.69 Å².